The Hall–Kier alpha value is -2.10. The Bertz CT molecular complexity index is 1060. The zero-order chi connectivity index (χ0) is 24.6. The number of nitrogens with zero attached hydrogens (tertiary/aromatic N) is 2. The molecule has 0 saturated carbocycles. The summed E-state index contributed by atoms with van der Waals surface area (Å²) < 4.78 is 26.9. The van der Waals surface area contributed by atoms with Crippen LogP contribution in [0.2, 0.25) is 5.02 Å². The van der Waals surface area contributed by atoms with E-state index >= 15 is 0 Å². The molecule has 2 rings (SSSR count). The number of carbonyl (C=O) groups excluding carboxylic acids is 2. The number of anilines is 1. The minimum Gasteiger partial charge on any atom is -0.354 e. The summed E-state index contributed by atoms with van der Waals surface area (Å²) in [4.78, 5) is 27.8. The van der Waals surface area contributed by atoms with Gasteiger partial charge in [0, 0.05) is 22.6 Å². The van der Waals surface area contributed by atoms with Crippen molar-refractivity contribution in [1.29, 1.82) is 0 Å². The summed E-state index contributed by atoms with van der Waals surface area (Å²) in [6.45, 7) is 3.87. The predicted octanol–water partition coefficient (Wildman–Crippen LogP) is 4.20. The number of nitrogens with one attached hydrogen (secondary N) is 1. The lowest BCUT2D eigenvalue weighted by atomic mass is 10.1. The molecule has 33 heavy (non-hydrogen) atoms. The number of halogens is 2. The molecule has 0 spiro atoms. The van der Waals surface area contributed by atoms with E-state index in [1.54, 1.807) is 48.5 Å². The molecule has 0 radical (unpaired) electrons. The molecule has 0 unspecified atom stereocenters. The van der Waals surface area contributed by atoms with Crippen LogP contribution in [0.1, 0.15) is 32.3 Å². The highest BCUT2D eigenvalue weighted by atomic mass is 79.9. The van der Waals surface area contributed by atoms with E-state index in [-0.39, 0.29) is 12.5 Å². The van der Waals surface area contributed by atoms with Gasteiger partial charge in [-0.2, -0.15) is 0 Å². The summed E-state index contributed by atoms with van der Waals surface area (Å²) >= 11 is 9.65. The molecule has 2 aromatic rings. The molecule has 180 valence electrons. The third-order valence-corrected chi connectivity index (χ3v) is 7.07. The third-order valence-electron chi connectivity index (χ3n) is 5.03. The zero-order valence-electron chi connectivity index (χ0n) is 18.9. The zero-order valence-corrected chi connectivity index (χ0v) is 22.1. The molecule has 2 amide bonds. The summed E-state index contributed by atoms with van der Waals surface area (Å²) in [5, 5.41) is 3.30. The average molecular weight is 559 g/mol. The molecule has 0 fully saturated rings. The van der Waals surface area contributed by atoms with Crippen LogP contribution in [0.4, 0.5) is 5.69 Å². The lowest BCUT2D eigenvalue weighted by Gasteiger charge is -2.33. The van der Waals surface area contributed by atoms with Crippen LogP contribution < -0.4 is 9.62 Å². The maximum atomic E-state index is 13.5. The van der Waals surface area contributed by atoms with Crippen LogP contribution in [0.15, 0.2) is 53.0 Å². The predicted molar refractivity (Wildman–Crippen MR) is 136 cm³/mol. The van der Waals surface area contributed by atoms with Gasteiger partial charge in [0.1, 0.15) is 12.6 Å². The van der Waals surface area contributed by atoms with Gasteiger partial charge in [-0.1, -0.05) is 59.6 Å². The van der Waals surface area contributed by atoms with E-state index in [9.17, 15) is 18.0 Å². The van der Waals surface area contributed by atoms with Crippen molar-refractivity contribution >= 4 is 55.1 Å². The van der Waals surface area contributed by atoms with E-state index in [1.807, 2.05) is 13.8 Å². The number of hydrogen-bond donors (Lipinski definition) is 1. The Labute approximate surface area is 209 Å². The Balaban J connectivity index is 2.42. The summed E-state index contributed by atoms with van der Waals surface area (Å²) in [5.74, 6) is -0.781. The van der Waals surface area contributed by atoms with Crippen LogP contribution >= 0.6 is 27.5 Å². The van der Waals surface area contributed by atoms with Gasteiger partial charge in [0.05, 0.1) is 11.9 Å². The van der Waals surface area contributed by atoms with Crippen molar-refractivity contribution in [2.45, 2.75) is 39.3 Å². The summed E-state index contributed by atoms with van der Waals surface area (Å²) in [5.41, 5.74) is 1.03. The van der Waals surface area contributed by atoms with Crippen LogP contribution in [0.25, 0.3) is 0 Å². The minimum atomic E-state index is -3.76. The first kappa shape index (κ1) is 27.1. The van der Waals surface area contributed by atoms with Crippen LogP contribution in [-0.2, 0) is 26.2 Å². The molecule has 0 bridgehead atoms. The standard InChI is InChI=1S/C23H29BrClN3O4S/c1-4-14-26-23(30)21(5-2)27(15-17-8-6-7-9-20(17)25)22(29)16-28(33(3,31)32)19-12-10-18(24)11-13-19/h6-13,21H,4-5,14-16H2,1-3H3,(H,26,30)/t21-/m0/s1. The van der Waals surface area contributed by atoms with E-state index in [2.05, 4.69) is 21.2 Å². The Morgan fingerprint density at radius 3 is 2.27 bits per heavy atom. The molecule has 0 aliphatic heterocycles. The van der Waals surface area contributed by atoms with Crippen molar-refractivity contribution in [2.75, 3.05) is 23.7 Å². The van der Waals surface area contributed by atoms with Gasteiger partial charge in [0.25, 0.3) is 0 Å². The monoisotopic (exact) mass is 557 g/mol. The first-order chi connectivity index (χ1) is 15.6. The molecular formula is C23H29BrClN3O4S. The summed E-state index contributed by atoms with van der Waals surface area (Å²) in [6.07, 6.45) is 2.17. The van der Waals surface area contributed by atoms with Gasteiger partial charge in [-0.25, -0.2) is 8.42 Å². The second-order valence-electron chi connectivity index (χ2n) is 7.57. The highest BCUT2D eigenvalue weighted by Crippen LogP contribution is 2.23. The first-order valence-corrected chi connectivity index (χ1v) is 13.6. The number of benzene rings is 2. The molecule has 2 aromatic carbocycles. The first-order valence-electron chi connectivity index (χ1n) is 10.6. The maximum Gasteiger partial charge on any atom is 0.244 e. The second-order valence-corrected chi connectivity index (χ2v) is 10.8. The molecule has 0 aromatic heterocycles. The van der Waals surface area contributed by atoms with Gasteiger partial charge in [-0.05, 0) is 48.7 Å². The Morgan fingerprint density at radius 1 is 1.09 bits per heavy atom. The van der Waals surface area contributed by atoms with Gasteiger partial charge in [-0.3, -0.25) is 13.9 Å². The normalized spacial score (nSPS) is 12.2. The molecular weight excluding hydrogens is 530 g/mol. The molecule has 1 N–H and O–H groups in total. The van der Waals surface area contributed by atoms with Gasteiger partial charge < -0.3 is 10.2 Å². The summed E-state index contributed by atoms with van der Waals surface area (Å²) in [6, 6.07) is 12.9. The fourth-order valence-electron chi connectivity index (χ4n) is 3.32. The maximum absolute atomic E-state index is 13.5. The van der Waals surface area contributed by atoms with Crippen molar-refractivity contribution in [1.82, 2.24) is 10.2 Å². The fourth-order valence-corrected chi connectivity index (χ4v) is 4.63. The van der Waals surface area contributed by atoms with E-state index in [0.717, 1.165) is 21.5 Å². The largest absolute Gasteiger partial charge is 0.354 e. The number of carbonyl (C=O) groups is 2. The van der Waals surface area contributed by atoms with Gasteiger partial charge in [0.2, 0.25) is 21.8 Å². The highest BCUT2D eigenvalue weighted by molar-refractivity contribution is 9.10. The van der Waals surface area contributed by atoms with Crippen molar-refractivity contribution in [2.24, 2.45) is 0 Å². The Morgan fingerprint density at radius 2 is 1.73 bits per heavy atom. The van der Waals surface area contributed by atoms with E-state index < -0.39 is 28.5 Å². The van der Waals surface area contributed by atoms with Crippen LogP contribution in [0.3, 0.4) is 0 Å². The van der Waals surface area contributed by atoms with Crippen LogP contribution in [-0.4, -0.2) is 50.5 Å². The number of sulfonamides is 1. The quantitative estimate of drug-likeness (QED) is 0.448. The molecule has 7 nitrogen and oxygen atoms in total. The average Bonchev–Trinajstić information content (AvgIpc) is 2.77. The molecule has 0 aliphatic rings. The lowest BCUT2D eigenvalue weighted by Crippen LogP contribution is -2.52. The van der Waals surface area contributed by atoms with Crippen LogP contribution in [0.5, 0.6) is 0 Å². The van der Waals surface area contributed by atoms with E-state index in [1.165, 1.54) is 4.90 Å². The van der Waals surface area contributed by atoms with Gasteiger partial charge in [-0.15, -0.1) is 0 Å². The molecule has 0 saturated heterocycles. The lowest BCUT2D eigenvalue weighted by molar-refractivity contribution is -0.140. The van der Waals surface area contributed by atoms with Crippen molar-refractivity contribution in [3.63, 3.8) is 0 Å². The van der Waals surface area contributed by atoms with E-state index in [0.29, 0.717) is 29.2 Å². The molecule has 10 heteroatoms. The van der Waals surface area contributed by atoms with Crippen molar-refractivity contribution in [3.8, 4) is 0 Å². The van der Waals surface area contributed by atoms with Gasteiger partial charge in [0.15, 0.2) is 0 Å². The number of amides is 2. The Kier molecular flexibility index (Phi) is 10.2. The second kappa shape index (κ2) is 12.4. The molecule has 0 heterocycles. The van der Waals surface area contributed by atoms with E-state index in [4.69, 9.17) is 11.6 Å². The molecule has 0 aliphatic carbocycles. The third kappa shape index (κ3) is 7.72. The number of hydrogen-bond acceptors (Lipinski definition) is 4. The summed E-state index contributed by atoms with van der Waals surface area (Å²) in [7, 11) is -3.76. The van der Waals surface area contributed by atoms with Crippen molar-refractivity contribution in [3.05, 3.63) is 63.6 Å². The molecule has 1 atom stereocenters. The van der Waals surface area contributed by atoms with Crippen LogP contribution in [0, 0.1) is 0 Å². The smallest absolute Gasteiger partial charge is 0.244 e. The highest BCUT2D eigenvalue weighted by Gasteiger charge is 2.31. The SMILES string of the molecule is CCCNC(=O)[C@H](CC)N(Cc1ccccc1Cl)C(=O)CN(c1ccc(Br)cc1)S(C)(=O)=O. The number of rotatable bonds is 11. The fraction of sp³-hybridized carbons (Fsp3) is 0.391. The van der Waals surface area contributed by atoms with Gasteiger partial charge >= 0.3 is 0 Å². The minimum absolute atomic E-state index is 0.0779. The topological polar surface area (TPSA) is 86.8 Å². The van der Waals surface area contributed by atoms with Crippen molar-refractivity contribution < 1.29 is 18.0 Å².